The minimum atomic E-state index is -0.783. The Morgan fingerprint density at radius 1 is 1.35 bits per heavy atom. The van der Waals surface area contributed by atoms with Gasteiger partial charge in [-0.25, -0.2) is 0 Å². The van der Waals surface area contributed by atoms with Gasteiger partial charge in [-0.3, -0.25) is 14.4 Å². The maximum atomic E-state index is 11.9. The van der Waals surface area contributed by atoms with Gasteiger partial charge in [-0.2, -0.15) is 0 Å². The van der Waals surface area contributed by atoms with E-state index < -0.39 is 17.3 Å². The second-order valence-electron chi connectivity index (χ2n) is 4.79. The standard InChI is InChI=1S/C12H16O5/c1-16-11(15)10-9(14)6-8(13)7-12(10)2-4-17-5-3-12/h10H,2-7H2,1H3/t10-/m0/s1. The molecular weight excluding hydrogens is 224 g/mol. The molecule has 1 heterocycles. The van der Waals surface area contributed by atoms with Crippen LogP contribution < -0.4 is 0 Å². The van der Waals surface area contributed by atoms with Gasteiger partial charge in [0.15, 0.2) is 5.78 Å². The third-order valence-electron chi connectivity index (χ3n) is 3.78. The van der Waals surface area contributed by atoms with Crippen molar-refractivity contribution in [2.45, 2.75) is 25.7 Å². The molecule has 0 aromatic heterocycles. The molecule has 1 atom stereocenters. The highest BCUT2D eigenvalue weighted by Crippen LogP contribution is 2.46. The van der Waals surface area contributed by atoms with Crippen molar-refractivity contribution in [3.8, 4) is 0 Å². The molecule has 0 unspecified atom stereocenters. The van der Waals surface area contributed by atoms with Crippen LogP contribution >= 0.6 is 0 Å². The second-order valence-corrected chi connectivity index (χ2v) is 4.79. The lowest BCUT2D eigenvalue weighted by Gasteiger charge is -2.43. The highest BCUT2D eigenvalue weighted by molar-refractivity contribution is 6.11. The van der Waals surface area contributed by atoms with Crippen LogP contribution in [-0.4, -0.2) is 37.9 Å². The van der Waals surface area contributed by atoms with Crippen molar-refractivity contribution in [1.82, 2.24) is 0 Å². The Bertz CT molecular complexity index is 354. The van der Waals surface area contributed by atoms with Gasteiger partial charge in [0.05, 0.1) is 13.5 Å². The van der Waals surface area contributed by atoms with E-state index in [1.54, 1.807) is 0 Å². The monoisotopic (exact) mass is 240 g/mol. The first-order chi connectivity index (χ1) is 8.09. The number of ether oxygens (including phenoxy) is 2. The van der Waals surface area contributed by atoms with Gasteiger partial charge >= 0.3 is 5.97 Å². The zero-order valence-electron chi connectivity index (χ0n) is 9.86. The first-order valence-electron chi connectivity index (χ1n) is 5.79. The number of esters is 1. The van der Waals surface area contributed by atoms with E-state index in [9.17, 15) is 14.4 Å². The van der Waals surface area contributed by atoms with E-state index in [1.807, 2.05) is 0 Å². The molecule has 1 aliphatic heterocycles. The Kier molecular flexibility index (Phi) is 3.28. The van der Waals surface area contributed by atoms with Crippen LogP contribution in [0.15, 0.2) is 0 Å². The molecule has 5 nitrogen and oxygen atoms in total. The Hall–Kier alpha value is -1.23. The van der Waals surface area contributed by atoms with Crippen molar-refractivity contribution in [1.29, 1.82) is 0 Å². The molecule has 2 fully saturated rings. The molecule has 94 valence electrons. The molecule has 1 saturated heterocycles. The lowest BCUT2D eigenvalue weighted by molar-refractivity contribution is -0.163. The third kappa shape index (κ3) is 2.11. The molecule has 0 aromatic carbocycles. The minimum absolute atomic E-state index is 0.0722. The number of carbonyl (C=O) groups excluding carboxylic acids is 3. The fraction of sp³-hybridized carbons (Fsp3) is 0.750. The maximum Gasteiger partial charge on any atom is 0.316 e. The van der Waals surface area contributed by atoms with Crippen LogP contribution in [0.1, 0.15) is 25.7 Å². The van der Waals surface area contributed by atoms with Crippen molar-refractivity contribution >= 4 is 17.5 Å². The van der Waals surface area contributed by atoms with Gasteiger partial charge in [-0.05, 0) is 12.8 Å². The SMILES string of the molecule is COC(=O)[C@@H]1C(=O)CC(=O)CC12CCOCC2. The van der Waals surface area contributed by atoms with Crippen LogP contribution in [0.3, 0.4) is 0 Å². The summed E-state index contributed by atoms with van der Waals surface area (Å²) in [5.74, 6) is -1.66. The van der Waals surface area contributed by atoms with Crippen molar-refractivity contribution in [2.75, 3.05) is 20.3 Å². The van der Waals surface area contributed by atoms with Crippen molar-refractivity contribution in [3.05, 3.63) is 0 Å². The summed E-state index contributed by atoms with van der Waals surface area (Å²) in [4.78, 5) is 35.3. The lowest BCUT2D eigenvalue weighted by atomic mass is 9.61. The fourth-order valence-corrected chi connectivity index (χ4v) is 2.94. The average Bonchev–Trinajstić information content (AvgIpc) is 2.28. The Morgan fingerprint density at radius 3 is 2.59 bits per heavy atom. The molecule has 1 saturated carbocycles. The highest BCUT2D eigenvalue weighted by atomic mass is 16.5. The van der Waals surface area contributed by atoms with Gasteiger partial charge in [0.25, 0.3) is 0 Å². The van der Waals surface area contributed by atoms with Gasteiger partial charge in [-0.15, -0.1) is 0 Å². The third-order valence-corrected chi connectivity index (χ3v) is 3.78. The fourth-order valence-electron chi connectivity index (χ4n) is 2.94. The number of ketones is 2. The molecular formula is C12H16O5. The van der Waals surface area contributed by atoms with E-state index in [0.29, 0.717) is 32.5 Å². The predicted molar refractivity (Wildman–Crippen MR) is 57.2 cm³/mol. The van der Waals surface area contributed by atoms with Crippen molar-refractivity contribution in [3.63, 3.8) is 0 Å². The molecule has 0 amide bonds. The smallest absolute Gasteiger partial charge is 0.316 e. The van der Waals surface area contributed by atoms with E-state index in [0.717, 1.165) is 0 Å². The number of hydrogen-bond donors (Lipinski definition) is 0. The van der Waals surface area contributed by atoms with E-state index in [4.69, 9.17) is 9.47 Å². The number of Topliss-reactive ketones (excluding diaryl/α,β-unsaturated/α-hetero) is 2. The van der Waals surface area contributed by atoms with Crippen molar-refractivity contribution < 1.29 is 23.9 Å². The minimum Gasteiger partial charge on any atom is -0.468 e. The van der Waals surface area contributed by atoms with Crippen LogP contribution in [0.2, 0.25) is 0 Å². The molecule has 1 aliphatic carbocycles. The van der Waals surface area contributed by atoms with Gasteiger partial charge in [-0.1, -0.05) is 0 Å². The zero-order chi connectivity index (χ0) is 12.5. The summed E-state index contributed by atoms with van der Waals surface area (Å²) in [6, 6.07) is 0. The number of rotatable bonds is 1. The molecule has 5 heteroatoms. The maximum absolute atomic E-state index is 11.9. The largest absolute Gasteiger partial charge is 0.468 e. The second kappa shape index (κ2) is 4.56. The number of methoxy groups -OCH3 is 1. The van der Waals surface area contributed by atoms with Crippen LogP contribution in [-0.2, 0) is 23.9 Å². The van der Waals surface area contributed by atoms with Crippen molar-refractivity contribution in [2.24, 2.45) is 11.3 Å². The Balaban J connectivity index is 2.32. The summed E-state index contributed by atoms with van der Waals surface area (Å²) >= 11 is 0. The van der Waals surface area contributed by atoms with E-state index in [-0.39, 0.29) is 18.0 Å². The first kappa shape index (κ1) is 12.2. The predicted octanol–water partition coefficient (Wildman–Crippen LogP) is 0.504. The van der Waals surface area contributed by atoms with Gasteiger partial charge in [0.1, 0.15) is 11.7 Å². The average molecular weight is 240 g/mol. The van der Waals surface area contributed by atoms with E-state index >= 15 is 0 Å². The number of carbonyl (C=O) groups is 3. The summed E-state index contributed by atoms with van der Waals surface area (Å²) in [6.45, 7) is 0.988. The molecule has 17 heavy (non-hydrogen) atoms. The first-order valence-corrected chi connectivity index (χ1v) is 5.79. The molecule has 1 spiro atoms. The van der Waals surface area contributed by atoms with E-state index in [1.165, 1.54) is 7.11 Å². The summed E-state index contributed by atoms with van der Waals surface area (Å²) < 4.78 is 9.97. The van der Waals surface area contributed by atoms with Gasteiger partial charge in [0.2, 0.25) is 0 Å². The molecule has 0 radical (unpaired) electrons. The van der Waals surface area contributed by atoms with Crippen LogP contribution in [0.4, 0.5) is 0 Å². The molecule has 0 aromatic rings. The summed E-state index contributed by atoms with van der Waals surface area (Å²) in [7, 11) is 1.28. The van der Waals surface area contributed by atoms with Crippen LogP contribution in [0.5, 0.6) is 0 Å². The molecule has 2 aliphatic rings. The van der Waals surface area contributed by atoms with Crippen LogP contribution in [0.25, 0.3) is 0 Å². The quantitative estimate of drug-likeness (QED) is 0.493. The highest BCUT2D eigenvalue weighted by Gasteiger charge is 2.52. The summed E-state index contributed by atoms with van der Waals surface area (Å²) in [6.07, 6.45) is 1.30. The molecule has 2 rings (SSSR count). The Labute approximate surface area is 99.5 Å². The van der Waals surface area contributed by atoms with E-state index in [2.05, 4.69) is 0 Å². The summed E-state index contributed by atoms with van der Waals surface area (Å²) in [5, 5.41) is 0. The normalized spacial score (nSPS) is 28.2. The number of hydrogen-bond acceptors (Lipinski definition) is 5. The van der Waals surface area contributed by atoms with Gasteiger partial charge < -0.3 is 9.47 Å². The summed E-state index contributed by atoms with van der Waals surface area (Å²) in [5.41, 5.74) is -0.558. The lowest BCUT2D eigenvalue weighted by Crippen LogP contribution is -2.50. The van der Waals surface area contributed by atoms with Gasteiger partial charge in [0, 0.05) is 25.0 Å². The Morgan fingerprint density at radius 2 is 2.00 bits per heavy atom. The van der Waals surface area contributed by atoms with Crippen LogP contribution in [0, 0.1) is 11.3 Å². The molecule has 0 N–H and O–H groups in total. The molecule has 0 bridgehead atoms. The zero-order valence-corrected chi connectivity index (χ0v) is 9.86. The topological polar surface area (TPSA) is 69.7 Å².